The second-order valence-electron chi connectivity index (χ2n) is 3.49. The molecule has 0 aliphatic rings. The summed E-state index contributed by atoms with van der Waals surface area (Å²) < 4.78 is 27.1. The van der Waals surface area contributed by atoms with Crippen molar-refractivity contribution in [3.05, 3.63) is 29.3 Å². The Morgan fingerprint density at radius 2 is 1.94 bits per heavy atom. The molecule has 0 fully saturated rings. The van der Waals surface area contributed by atoms with Gasteiger partial charge in [0.15, 0.2) is 0 Å². The van der Waals surface area contributed by atoms with Crippen LogP contribution in [-0.2, 0) is 4.79 Å². The van der Waals surface area contributed by atoms with Crippen molar-refractivity contribution in [2.45, 2.75) is 6.92 Å². The van der Waals surface area contributed by atoms with Crippen molar-refractivity contribution in [3.8, 4) is 0 Å². The number of carbonyl (C=O) groups excluding carboxylic acids is 1. The molecule has 1 amide bonds. The van der Waals surface area contributed by atoms with E-state index in [1.807, 2.05) is 0 Å². The number of nitrogens with two attached hydrogens (primary N) is 1. The van der Waals surface area contributed by atoms with Gasteiger partial charge in [0.05, 0.1) is 6.54 Å². The number of nitrogens with one attached hydrogen (secondary N) is 2. The third-order valence-corrected chi connectivity index (χ3v) is 2.36. The summed E-state index contributed by atoms with van der Waals surface area (Å²) in [4.78, 5) is 11.1. The minimum atomic E-state index is -0.845. The molecular formula is C11H13F2N3OS. The lowest BCUT2D eigenvalue weighted by Crippen LogP contribution is -2.30. The van der Waals surface area contributed by atoms with Gasteiger partial charge in [-0.15, -0.1) is 0 Å². The molecule has 0 bridgehead atoms. The van der Waals surface area contributed by atoms with Gasteiger partial charge in [-0.2, -0.15) is 0 Å². The molecule has 0 aliphatic heterocycles. The first-order chi connectivity index (χ1) is 8.45. The lowest BCUT2D eigenvalue weighted by Gasteiger charge is -2.10. The second-order valence-corrected chi connectivity index (χ2v) is 3.93. The molecule has 98 valence electrons. The van der Waals surface area contributed by atoms with Crippen molar-refractivity contribution < 1.29 is 13.6 Å². The summed E-state index contributed by atoms with van der Waals surface area (Å²) in [6.07, 6.45) is 0. The Kier molecular flexibility index (Phi) is 4.96. The van der Waals surface area contributed by atoms with Gasteiger partial charge in [0.25, 0.3) is 0 Å². The van der Waals surface area contributed by atoms with E-state index in [-0.39, 0.29) is 28.7 Å². The van der Waals surface area contributed by atoms with E-state index in [1.54, 1.807) is 6.92 Å². The lowest BCUT2D eigenvalue weighted by molar-refractivity contribution is -0.119. The zero-order chi connectivity index (χ0) is 13.7. The van der Waals surface area contributed by atoms with E-state index >= 15 is 0 Å². The smallest absolute Gasteiger partial charge is 0.239 e. The summed E-state index contributed by atoms with van der Waals surface area (Å²) in [7, 11) is 0. The van der Waals surface area contributed by atoms with Gasteiger partial charge >= 0.3 is 0 Å². The first-order valence-corrected chi connectivity index (χ1v) is 5.66. The van der Waals surface area contributed by atoms with Crippen molar-refractivity contribution in [3.63, 3.8) is 0 Å². The number of hydrogen-bond acceptors (Lipinski definition) is 3. The van der Waals surface area contributed by atoms with Crippen LogP contribution in [0.15, 0.2) is 12.1 Å². The molecule has 0 aliphatic carbocycles. The molecule has 4 nitrogen and oxygen atoms in total. The third kappa shape index (κ3) is 3.63. The third-order valence-electron chi connectivity index (χ3n) is 2.13. The number of benzene rings is 1. The van der Waals surface area contributed by atoms with Crippen molar-refractivity contribution in [2.24, 2.45) is 5.73 Å². The van der Waals surface area contributed by atoms with E-state index in [4.69, 9.17) is 5.73 Å². The van der Waals surface area contributed by atoms with E-state index in [9.17, 15) is 13.6 Å². The molecule has 1 aromatic carbocycles. The molecule has 18 heavy (non-hydrogen) atoms. The monoisotopic (exact) mass is 273 g/mol. The number of thiocarbonyl (C=S) groups is 1. The van der Waals surface area contributed by atoms with Crippen LogP contribution < -0.4 is 16.4 Å². The fraction of sp³-hybridized carbons (Fsp3) is 0.273. The number of hydrogen-bond donors (Lipinski definition) is 3. The molecule has 0 radical (unpaired) electrons. The predicted molar refractivity (Wildman–Crippen MR) is 69.4 cm³/mol. The van der Waals surface area contributed by atoms with Crippen molar-refractivity contribution in [1.82, 2.24) is 5.32 Å². The summed E-state index contributed by atoms with van der Waals surface area (Å²) in [5.74, 6) is -2.04. The van der Waals surface area contributed by atoms with Crippen molar-refractivity contribution >= 4 is 28.8 Å². The summed E-state index contributed by atoms with van der Waals surface area (Å²) in [6.45, 7) is 1.98. The molecule has 0 unspecified atom stereocenters. The molecular weight excluding hydrogens is 260 g/mol. The van der Waals surface area contributed by atoms with Crippen LogP contribution in [0, 0.1) is 11.6 Å². The van der Waals surface area contributed by atoms with Crippen LogP contribution >= 0.6 is 12.2 Å². The Morgan fingerprint density at radius 1 is 1.39 bits per heavy atom. The molecule has 0 heterocycles. The molecule has 0 spiro atoms. The van der Waals surface area contributed by atoms with E-state index < -0.39 is 11.6 Å². The number of anilines is 1. The zero-order valence-electron chi connectivity index (χ0n) is 9.72. The minimum absolute atomic E-state index is 0.0944. The van der Waals surface area contributed by atoms with Gasteiger partial charge in [-0.25, -0.2) is 8.78 Å². The molecule has 1 aromatic rings. The Hall–Kier alpha value is -1.76. The molecule has 0 atom stereocenters. The van der Waals surface area contributed by atoms with Crippen molar-refractivity contribution in [1.29, 1.82) is 0 Å². The van der Waals surface area contributed by atoms with Crippen molar-refractivity contribution in [2.75, 3.05) is 18.4 Å². The fourth-order valence-corrected chi connectivity index (χ4v) is 1.43. The van der Waals surface area contributed by atoms with Gasteiger partial charge in [0, 0.05) is 12.1 Å². The number of halogens is 2. The van der Waals surface area contributed by atoms with E-state index in [0.717, 1.165) is 12.1 Å². The quantitative estimate of drug-likeness (QED) is 0.704. The Balaban J connectivity index is 2.84. The highest BCUT2D eigenvalue weighted by Gasteiger charge is 2.13. The molecule has 0 saturated carbocycles. The van der Waals surface area contributed by atoms with Crippen LogP contribution in [0.1, 0.15) is 12.5 Å². The maximum absolute atomic E-state index is 13.6. The first-order valence-electron chi connectivity index (χ1n) is 5.25. The Bertz CT molecular complexity index is 456. The van der Waals surface area contributed by atoms with E-state index in [2.05, 4.69) is 22.9 Å². The average Bonchev–Trinajstić information content (AvgIpc) is 2.27. The normalized spacial score (nSPS) is 9.94. The molecule has 7 heteroatoms. The van der Waals surface area contributed by atoms with Gasteiger partial charge in [-0.3, -0.25) is 4.79 Å². The standard InChI is InChI=1S/C11H13F2N3OS/c1-2-15-9(17)5-16-10-7(12)3-6(11(14)18)4-8(10)13/h3-4,16H,2,5H2,1H3,(H2,14,18)(H,15,17). The second kappa shape index (κ2) is 6.25. The average molecular weight is 273 g/mol. The van der Waals surface area contributed by atoms with Crippen LogP contribution in [0.3, 0.4) is 0 Å². The van der Waals surface area contributed by atoms with Crippen LogP contribution in [-0.4, -0.2) is 24.0 Å². The summed E-state index contributed by atoms with van der Waals surface area (Å²) >= 11 is 4.63. The van der Waals surface area contributed by atoms with Gasteiger partial charge in [0.2, 0.25) is 5.91 Å². The van der Waals surface area contributed by atoms with E-state index in [0.29, 0.717) is 6.54 Å². The predicted octanol–water partition coefficient (Wildman–Crippen LogP) is 1.15. The highest BCUT2D eigenvalue weighted by Crippen LogP contribution is 2.20. The fourth-order valence-electron chi connectivity index (χ4n) is 1.31. The van der Waals surface area contributed by atoms with Crippen LogP contribution in [0.4, 0.5) is 14.5 Å². The van der Waals surface area contributed by atoms with Gasteiger partial charge < -0.3 is 16.4 Å². The number of likely N-dealkylation sites (N-methyl/N-ethyl adjacent to an activating group) is 1. The molecule has 0 saturated heterocycles. The van der Waals surface area contributed by atoms with Crippen LogP contribution in [0.2, 0.25) is 0 Å². The number of rotatable bonds is 5. The maximum Gasteiger partial charge on any atom is 0.239 e. The minimum Gasteiger partial charge on any atom is -0.389 e. The number of carbonyl (C=O) groups is 1. The first kappa shape index (κ1) is 14.3. The van der Waals surface area contributed by atoms with Gasteiger partial charge in [-0.1, -0.05) is 12.2 Å². The molecule has 0 aromatic heterocycles. The Labute approximate surface area is 109 Å². The molecule has 4 N–H and O–H groups in total. The van der Waals surface area contributed by atoms with Gasteiger partial charge in [-0.05, 0) is 19.1 Å². The summed E-state index contributed by atoms with van der Waals surface area (Å²) in [5.41, 5.74) is 5.00. The van der Waals surface area contributed by atoms with E-state index in [1.165, 1.54) is 0 Å². The summed E-state index contributed by atoms with van der Waals surface area (Å²) in [5, 5.41) is 4.88. The largest absolute Gasteiger partial charge is 0.389 e. The van der Waals surface area contributed by atoms with Crippen LogP contribution in [0.5, 0.6) is 0 Å². The lowest BCUT2D eigenvalue weighted by atomic mass is 10.2. The SMILES string of the molecule is CCNC(=O)CNc1c(F)cc(C(N)=S)cc1F. The highest BCUT2D eigenvalue weighted by molar-refractivity contribution is 7.80. The highest BCUT2D eigenvalue weighted by atomic mass is 32.1. The molecule has 1 rings (SSSR count). The topological polar surface area (TPSA) is 67.2 Å². The summed E-state index contributed by atoms with van der Waals surface area (Å²) in [6, 6.07) is 2.04. The van der Waals surface area contributed by atoms with Crippen LogP contribution in [0.25, 0.3) is 0 Å². The maximum atomic E-state index is 13.6. The Morgan fingerprint density at radius 3 is 2.39 bits per heavy atom. The zero-order valence-corrected chi connectivity index (χ0v) is 10.5. The van der Waals surface area contributed by atoms with Gasteiger partial charge in [0.1, 0.15) is 22.3 Å². The number of amides is 1.